The van der Waals surface area contributed by atoms with Gasteiger partial charge in [0.2, 0.25) is 0 Å². The molecule has 1 heterocycles. The number of carbonyl (C=O) groups is 1. The number of hydrogen-bond acceptors (Lipinski definition) is 4. The first kappa shape index (κ1) is 16.5. The van der Waals surface area contributed by atoms with Crippen LogP contribution in [0, 0.1) is 5.41 Å². The zero-order valence-corrected chi connectivity index (χ0v) is 13.6. The van der Waals surface area contributed by atoms with Crippen LogP contribution < -0.4 is 5.73 Å². The normalized spacial score (nSPS) is 17.0. The predicted octanol–water partition coefficient (Wildman–Crippen LogP) is 3.55. The number of aliphatic carboxylic acids is 1. The van der Waals surface area contributed by atoms with Gasteiger partial charge in [0.15, 0.2) is 0 Å². The van der Waals surface area contributed by atoms with Crippen LogP contribution in [0.15, 0.2) is 36.4 Å². The predicted molar refractivity (Wildman–Crippen MR) is 93.9 cm³/mol. The Balaban J connectivity index is 1.97. The number of rotatable bonds is 4. The Kier molecular flexibility index (Phi) is 4.55. The van der Waals surface area contributed by atoms with E-state index < -0.39 is 11.7 Å². The number of nitrogens with one attached hydrogen (secondary N) is 1. The SMILES string of the molecule is N=C(C(=O)O)c1cc(-c2ccc(C3CCOC3)cc2)c(Cl)cc1N. The zero-order valence-electron chi connectivity index (χ0n) is 12.9. The maximum Gasteiger partial charge on any atom is 0.354 e. The van der Waals surface area contributed by atoms with Gasteiger partial charge in [-0.3, -0.25) is 5.41 Å². The van der Waals surface area contributed by atoms with Crippen LogP contribution in [0.3, 0.4) is 0 Å². The minimum atomic E-state index is -1.33. The molecule has 2 aromatic carbocycles. The average Bonchev–Trinajstić information content (AvgIpc) is 3.09. The lowest BCUT2D eigenvalue weighted by atomic mass is 9.94. The molecule has 1 saturated heterocycles. The molecule has 3 rings (SSSR count). The smallest absolute Gasteiger partial charge is 0.354 e. The zero-order chi connectivity index (χ0) is 17.3. The third kappa shape index (κ3) is 3.13. The van der Waals surface area contributed by atoms with Crippen LogP contribution in [0.2, 0.25) is 5.02 Å². The summed E-state index contributed by atoms with van der Waals surface area (Å²) < 4.78 is 5.41. The number of ether oxygens (including phenoxy) is 1. The molecule has 6 heteroatoms. The largest absolute Gasteiger partial charge is 0.477 e. The van der Waals surface area contributed by atoms with E-state index in [-0.39, 0.29) is 11.3 Å². The van der Waals surface area contributed by atoms with Gasteiger partial charge in [-0.05, 0) is 29.7 Å². The summed E-state index contributed by atoms with van der Waals surface area (Å²) in [4.78, 5) is 11.1. The monoisotopic (exact) mass is 344 g/mol. The third-order valence-corrected chi connectivity index (χ3v) is 4.56. The summed E-state index contributed by atoms with van der Waals surface area (Å²) in [7, 11) is 0. The van der Waals surface area contributed by atoms with Gasteiger partial charge in [0, 0.05) is 29.3 Å². The van der Waals surface area contributed by atoms with Crippen LogP contribution >= 0.6 is 11.6 Å². The van der Waals surface area contributed by atoms with Gasteiger partial charge in [-0.15, -0.1) is 0 Å². The van der Waals surface area contributed by atoms with Gasteiger partial charge in [-0.2, -0.15) is 0 Å². The summed E-state index contributed by atoms with van der Waals surface area (Å²) in [6, 6.07) is 11.0. The quantitative estimate of drug-likeness (QED) is 0.583. The van der Waals surface area contributed by atoms with Gasteiger partial charge < -0.3 is 15.6 Å². The van der Waals surface area contributed by atoms with Crippen LogP contribution in [0.25, 0.3) is 11.1 Å². The number of anilines is 1. The highest BCUT2D eigenvalue weighted by Gasteiger charge is 2.19. The molecule has 0 aromatic heterocycles. The Morgan fingerprint density at radius 2 is 2.00 bits per heavy atom. The van der Waals surface area contributed by atoms with Crippen molar-refractivity contribution in [1.29, 1.82) is 5.41 Å². The van der Waals surface area contributed by atoms with Gasteiger partial charge >= 0.3 is 5.97 Å². The highest BCUT2D eigenvalue weighted by atomic mass is 35.5. The van der Waals surface area contributed by atoms with Gasteiger partial charge in [0.25, 0.3) is 0 Å². The molecule has 0 bridgehead atoms. The second-order valence-electron chi connectivity index (χ2n) is 5.78. The van der Waals surface area contributed by atoms with Crippen molar-refractivity contribution in [2.24, 2.45) is 0 Å². The van der Waals surface area contributed by atoms with E-state index in [0.29, 0.717) is 16.5 Å². The van der Waals surface area contributed by atoms with Crippen LogP contribution in [-0.2, 0) is 9.53 Å². The number of halogens is 1. The maximum absolute atomic E-state index is 11.1. The molecule has 1 fully saturated rings. The molecule has 24 heavy (non-hydrogen) atoms. The molecule has 1 aliphatic rings. The fraction of sp³-hybridized carbons (Fsp3) is 0.222. The molecule has 4 N–H and O–H groups in total. The van der Waals surface area contributed by atoms with Crippen molar-refractivity contribution in [3.63, 3.8) is 0 Å². The highest BCUT2D eigenvalue weighted by molar-refractivity contribution is 6.43. The van der Waals surface area contributed by atoms with Crippen molar-refractivity contribution in [1.82, 2.24) is 0 Å². The Labute approximate surface area is 144 Å². The molecule has 0 amide bonds. The van der Waals surface area contributed by atoms with E-state index in [1.54, 1.807) is 6.07 Å². The van der Waals surface area contributed by atoms with Crippen LogP contribution in [0.1, 0.15) is 23.5 Å². The first-order chi connectivity index (χ1) is 11.5. The lowest BCUT2D eigenvalue weighted by Gasteiger charge is -2.12. The molecule has 1 atom stereocenters. The van der Waals surface area contributed by atoms with E-state index in [1.165, 1.54) is 11.6 Å². The summed E-state index contributed by atoms with van der Waals surface area (Å²) >= 11 is 6.27. The molecule has 1 unspecified atom stereocenters. The number of benzene rings is 2. The fourth-order valence-electron chi connectivity index (χ4n) is 2.87. The van der Waals surface area contributed by atoms with E-state index in [1.807, 2.05) is 24.3 Å². The van der Waals surface area contributed by atoms with E-state index in [4.69, 9.17) is 32.6 Å². The molecule has 5 nitrogen and oxygen atoms in total. The van der Waals surface area contributed by atoms with Crippen molar-refractivity contribution in [2.75, 3.05) is 18.9 Å². The summed E-state index contributed by atoms with van der Waals surface area (Å²) in [5.74, 6) is -0.914. The van der Waals surface area contributed by atoms with E-state index in [0.717, 1.165) is 25.2 Å². The molecular formula is C18H17ClN2O3. The standard InChI is InChI=1S/C18H17ClN2O3/c19-15-8-16(20)14(17(21)18(22)23)7-13(15)11-3-1-10(2-4-11)12-5-6-24-9-12/h1-4,7-8,12,21H,5-6,9,20H2,(H,22,23). The van der Waals surface area contributed by atoms with Crippen LogP contribution in [-0.4, -0.2) is 30.0 Å². The van der Waals surface area contributed by atoms with Gasteiger partial charge in [0.05, 0.1) is 11.6 Å². The summed E-state index contributed by atoms with van der Waals surface area (Å²) in [6.07, 6.45) is 1.02. The van der Waals surface area contributed by atoms with Crippen molar-refractivity contribution >= 4 is 29.0 Å². The topological polar surface area (TPSA) is 96.4 Å². The van der Waals surface area contributed by atoms with E-state index in [2.05, 4.69) is 0 Å². The third-order valence-electron chi connectivity index (χ3n) is 4.25. The van der Waals surface area contributed by atoms with Gasteiger partial charge in [-0.25, -0.2) is 4.79 Å². The van der Waals surface area contributed by atoms with Crippen LogP contribution in [0.4, 0.5) is 5.69 Å². The molecule has 2 aromatic rings. The van der Waals surface area contributed by atoms with E-state index >= 15 is 0 Å². The second kappa shape index (κ2) is 6.63. The summed E-state index contributed by atoms with van der Waals surface area (Å²) in [5, 5.41) is 17.1. The van der Waals surface area contributed by atoms with Crippen LogP contribution in [0.5, 0.6) is 0 Å². The first-order valence-corrected chi connectivity index (χ1v) is 7.94. The number of hydrogen-bond donors (Lipinski definition) is 3. The van der Waals surface area contributed by atoms with Crippen molar-refractivity contribution < 1.29 is 14.6 Å². The second-order valence-corrected chi connectivity index (χ2v) is 6.19. The lowest BCUT2D eigenvalue weighted by Crippen LogP contribution is -2.15. The minimum Gasteiger partial charge on any atom is -0.477 e. The lowest BCUT2D eigenvalue weighted by molar-refractivity contribution is -0.129. The molecule has 0 aliphatic carbocycles. The number of carboxylic acid groups (broad SMARTS) is 1. The Hall–Kier alpha value is -2.37. The molecule has 0 saturated carbocycles. The van der Waals surface area contributed by atoms with Gasteiger partial charge in [-0.1, -0.05) is 35.9 Å². The van der Waals surface area contributed by atoms with Gasteiger partial charge in [0.1, 0.15) is 5.71 Å². The minimum absolute atomic E-state index is 0.162. The summed E-state index contributed by atoms with van der Waals surface area (Å²) in [5.41, 5.74) is 8.31. The molecular weight excluding hydrogens is 328 g/mol. The number of nitrogen functional groups attached to an aromatic ring is 1. The van der Waals surface area contributed by atoms with E-state index in [9.17, 15) is 4.79 Å². The van der Waals surface area contributed by atoms with Crippen molar-refractivity contribution in [2.45, 2.75) is 12.3 Å². The van der Waals surface area contributed by atoms with Crippen molar-refractivity contribution in [3.05, 3.63) is 52.5 Å². The Morgan fingerprint density at radius 3 is 2.58 bits per heavy atom. The maximum atomic E-state index is 11.1. The number of nitrogens with two attached hydrogens (primary N) is 1. The molecule has 0 spiro atoms. The molecule has 0 radical (unpaired) electrons. The molecule has 124 valence electrons. The highest BCUT2D eigenvalue weighted by Crippen LogP contribution is 2.34. The molecule has 1 aliphatic heterocycles. The average molecular weight is 345 g/mol. The Morgan fingerprint density at radius 1 is 1.29 bits per heavy atom. The first-order valence-electron chi connectivity index (χ1n) is 7.56. The summed E-state index contributed by atoms with van der Waals surface area (Å²) in [6.45, 7) is 1.53. The fourth-order valence-corrected chi connectivity index (χ4v) is 3.16. The Bertz CT molecular complexity index is 797. The van der Waals surface area contributed by atoms with Crippen molar-refractivity contribution in [3.8, 4) is 11.1 Å². The number of carboxylic acids is 1.